The Morgan fingerprint density at radius 3 is 2.50 bits per heavy atom. The lowest BCUT2D eigenvalue weighted by Gasteiger charge is -2.13. The van der Waals surface area contributed by atoms with E-state index in [9.17, 15) is 4.79 Å². The first-order valence-electron chi connectivity index (χ1n) is 3.15. The van der Waals surface area contributed by atoms with E-state index >= 15 is 0 Å². The van der Waals surface area contributed by atoms with Gasteiger partial charge in [-0.2, -0.15) is 0 Å². The molecule has 0 rings (SSSR count). The van der Waals surface area contributed by atoms with Crippen LogP contribution >= 0.6 is 15.9 Å². The van der Waals surface area contributed by atoms with Gasteiger partial charge in [-0.3, -0.25) is 0 Å². The number of unbranched alkanes of at least 4 members (excludes halogenated alkanes) is 1. The molecule has 0 saturated heterocycles. The fourth-order valence-electron chi connectivity index (χ4n) is 0.518. The molecular formula is C6H11BrO3. The maximum atomic E-state index is 10.2. The minimum absolute atomic E-state index is 0.249. The molecule has 2 N–H and O–H groups in total. The summed E-state index contributed by atoms with van der Waals surface area (Å²) in [6, 6.07) is 0. The standard InChI is InChI=1S/C6H11BrO3/c1-2-3-4-6(7,10)5(8)9/h10H,2-4H2,1H3,(H,8,9). The Labute approximate surface area is 68.2 Å². The normalized spacial score (nSPS) is 16.3. The van der Waals surface area contributed by atoms with Crippen LogP contribution in [0.5, 0.6) is 0 Å². The van der Waals surface area contributed by atoms with Crippen molar-refractivity contribution >= 4 is 21.9 Å². The molecule has 1 atom stereocenters. The van der Waals surface area contributed by atoms with Crippen LogP contribution in [0.15, 0.2) is 0 Å². The highest BCUT2D eigenvalue weighted by molar-refractivity contribution is 9.10. The maximum absolute atomic E-state index is 10.2. The van der Waals surface area contributed by atoms with Crippen molar-refractivity contribution in [1.82, 2.24) is 0 Å². The highest BCUT2D eigenvalue weighted by Gasteiger charge is 2.31. The molecule has 0 aromatic rings. The number of aliphatic hydroxyl groups is 1. The minimum atomic E-state index is -1.72. The van der Waals surface area contributed by atoms with E-state index < -0.39 is 10.5 Å². The van der Waals surface area contributed by atoms with Gasteiger partial charge in [-0.25, -0.2) is 4.79 Å². The predicted molar refractivity (Wildman–Crippen MR) is 41.0 cm³/mol. The van der Waals surface area contributed by atoms with Crippen molar-refractivity contribution in [1.29, 1.82) is 0 Å². The number of alkyl halides is 1. The number of carboxylic acids is 1. The molecule has 4 heteroatoms. The van der Waals surface area contributed by atoms with Gasteiger partial charge in [-0.1, -0.05) is 13.3 Å². The topological polar surface area (TPSA) is 57.5 Å². The SMILES string of the molecule is CCCCC(O)(Br)C(=O)O. The van der Waals surface area contributed by atoms with E-state index in [-0.39, 0.29) is 6.42 Å². The molecule has 1 unspecified atom stereocenters. The molecule has 0 fully saturated rings. The van der Waals surface area contributed by atoms with Crippen LogP contribution in [0.4, 0.5) is 0 Å². The van der Waals surface area contributed by atoms with Crippen LogP contribution in [0.2, 0.25) is 0 Å². The third-order valence-electron chi connectivity index (χ3n) is 1.19. The molecule has 0 aromatic carbocycles. The molecule has 0 amide bonds. The molecule has 3 nitrogen and oxygen atoms in total. The Kier molecular flexibility index (Phi) is 3.89. The maximum Gasteiger partial charge on any atom is 0.347 e. The van der Waals surface area contributed by atoms with E-state index in [2.05, 4.69) is 15.9 Å². The first kappa shape index (κ1) is 9.91. The smallest absolute Gasteiger partial charge is 0.347 e. The molecule has 0 radical (unpaired) electrons. The average Bonchev–Trinajstić information content (AvgIpc) is 1.84. The first-order valence-corrected chi connectivity index (χ1v) is 3.94. The number of rotatable bonds is 4. The van der Waals surface area contributed by atoms with Gasteiger partial charge in [0.05, 0.1) is 0 Å². The third kappa shape index (κ3) is 3.17. The fourth-order valence-corrected chi connectivity index (χ4v) is 0.798. The Morgan fingerprint density at radius 1 is 1.70 bits per heavy atom. The summed E-state index contributed by atoms with van der Waals surface area (Å²) in [6.45, 7) is 1.94. The van der Waals surface area contributed by atoms with Gasteiger partial charge in [0.15, 0.2) is 0 Å². The summed E-state index contributed by atoms with van der Waals surface area (Å²) in [5.74, 6) is -1.22. The average molecular weight is 211 g/mol. The Morgan fingerprint density at radius 2 is 2.20 bits per heavy atom. The second-order valence-corrected chi connectivity index (χ2v) is 3.48. The van der Waals surface area contributed by atoms with Crippen LogP contribution in [-0.4, -0.2) is 20.7 Å². The van der Waals surface area contributed by atoms with Crippen molar-refractivity contribution in [3.63, 3.8) is 0 Å². The number of halogens is 1. The molecular weight excluding hydrogens is 200 g/mol. The van der Waals surface area contributed by atoms with E-state index in [1.165, 1.54) is 0 Å². The summed E-state index contributed by atoms with van der Waals surface area (Å²) in [7, 11) is 0. The van der Waals surface area contributed by atoms with Gasteiger partial charge in [0.2, 0.25) is 4.51 Å². The second kappa shape index (κ2) is 3.93. The lowest BCUT2D eigenvalue weighted by molar-refractivity contribution is -0.149. The molecule has 0 bridgehead atoms. The Bertz CT molecular complexity index is 122. The number of hydrogen-bond acceptors (Lipinski definition) is 2. The zero-order valence-electron chi connectivity index (χ0n) is 5.80. The highest BCUT2D eigenvalue weighted by Crippen LogP contribution is 2.21. The Hall–Kier alpha value is -0.0900. The van der Waals surface area contributed by atoms with Gasteiger partial charge in [0.1, 0.15) is 0 Å². The van der Waals surface area contributed by atoms with Crippen molar-refractivity contribution < 1.29 is 15.0 Å². The third-order valence-corrected chi connectivity index (χ3v) is 1.93. The first-order chi connectivity index (χ1) is 4.50. The zero-order chi connectivity index (χ0) is 8.20. The largest absolute Gasteiger partial charge is 0.478 e. The molecule has 10 heavy (non-hydrogen) atoms. The molecule has 0 aliphatic heterocycles. The number of carboxylic acid groups (broad SMARTS) is 1. The zero-order valence-corrected chi connectivity index (χ0v) is 7.39. The van der Waals surface area contributed by atoms with E-state index in [0.717, 1.165) is 6.42 Å². The molecule has 60 valence electrons. The van der Waals surface area contributed by atoms with E-state index in [1.807, 2.05) is 6.92 Å². The second-order valence-electron chi connectivity index (χ2n) is 2.17. The van der Waals surface area contributed by atoms with Gasteiger partial charge < -0.3 is 10.2 Å². The quantitative estimate of drug-likeness (QED) is 0.690. The summed E-state index contributed by atoms with van der Waals surface area (Å²) in [5.41, 5.74) is 0. The highest BCUT2D eigenvalue weighted by atomic mass is 79.9. The minimum Gasteiger partial charge on any atom is -0.478 e. The molecule has 0 aromatic heterocycles. The molecule has 0 saturated carbocycles. The van der Waals surface area contributed by atoms with E-state index in [1.54, 1.807) is 0 Å². The summed E-state index contributed by atoms with van der Waals surface area (Å²) in [6.07, 6.45) is 1.83. The van der Waals surface area contributed by atoms with Crippen LogP contribution in [0.3, 0.4) is 0 Å². The summed E-state index contributed by atoms with van der Waals surface area (Å²) >= 11 is 2.70. The molecule has 0 aliphatic carbocycles. The number of carbonyl (C=O) groups is 1. The van der Waals surface area contributed by atoms with Gasteiger partial charge in [0, 0.05) is 0 Å². The number of aliphatic carboxylic acids is 1. The fraction of sp³-hybridized carbons (Fsp3) is 0.833. The Balaban J connectivity index is 3.75. The van der Waals surface area contributed by atoms with E-state index in [0.29, 0.717) is 6.42 Å². The van der Waals surface area contributed by atoms with Gasteiger partial charge >= 0.3 is 5.97 Å². The lowest BCUT2D eigenvalue weighted by atomic mass is 10.2. The van der Waals surface area contributed by atoms with Gasteiger partial charge in [-0.15, -0.1) is 0 Å². The monoisotopic (exact) mass is 210 g/mol. The summed E-state index contributed by atoms with van der Waals surface area (Å²) in [4.78, 5) is 10.2. The van der Waals surface area contributed by atoms with Crippen molar-refractivity contribution in [2.24, 2.45) is 0 Å². The van der Waals surface area contributed by atoms with Crippen molar-refractivity contribution in [2.45, 2.75) is 30.7 Å². The van der Waals surface area contributed by atoms with Gasteiger partial charge in [0.25, 0.3) is 0 Å². The summed E-state index contributed by atoms with van der Waals surface area (Å²) < 4.78 is -1.72. The van der Waals surface area contributed by atoms with Gasteiger partial charge in [-0.05, 0) is 28.8 Å². The van der Waals surface area contributed by atoms with Crippen molar-refractivity contribution in [3.8, 4) is 0 Å². The molecule has 0 heterocycles. The van der Waals surface area contributed by atoms with Crippen molar-refractivity contribution in [3.05, 3.63) is 0 Å². The van der Waals surface area contributed by atoms with Crippen LogP contribution in [0, 0.1) is 0 Å². The van der Waals surface area contributed by atoms with Crippen LogP contribution in [0.25, 0.3) is 0 Å². The van der Waals surface area contributed by atoms with E-state index in [4.69, 9.17) is 10.2 Å². The van der Waals surface area contributed by atoms with Crippen LogP contribution in [-0.2, 0) is 4.79 Å². The van der Waals surface area contributed by atoms with Crippen LogP contribution in [0.1, 0.15) is 26.2 Å². The predicted octanol–water partition coefficient (Wildman–Crippen LogP) is 1.34. The number of hydrogen-bond donors (Lipinski definition) is 2. The molecule has 0 spiro atoms. The summed E-state index contributed by atoms with van der Waals surface area (Å²) in [5, 5.41) is 17.4. The lowest BCUT2D eigenvalue weighted by Crippen LogP contribution is -2.30. The molecule has 0 aliphatic rings. The van der Waals surface area contributed by atoms with Crippen molar-refractivity contribution in [2.75, 3.05) is 0 Å². The van der Waals surface area contributed by atoms with Crippen LogP contribution < -0.4 is 0 Å².